The van der Waals surface area contributed by atoms with Crippen LogP contribution in [0.3, 0.4) is 0 Å². The minimum Gasteiger partial charge on any atom is -0.497 e. The van der Waals surface area contributed by atoms with E-state index in [9.17, 15) is 9.59 Å². The van der Waals surface area contributed by atoms with Crippen molar-refractivity contribution in [2.24, 2.45) is 0 Å². The number of benzene rings is 2. The second kappa shape index (κ2) is 8.78. The highest BCUT2D eigenvalue weighted by Gasteiger charge is 2.18. The number of halogens is 2. The Kier molecular flexibility index (Phi) is 6.71. The summed E-state index contributed by atoms with van der Waals surface area (Å²) < 4.78 is 15.2. The van der Waals surface area contributed by atoms with E-state index in [1.54, 1.807) is 31.2 Å². The lowest BCUT2D eigenvalue weighted by Gasteiger charge is -2.12. The fourth-order valence-corrected chi connectivity index (χ4v) is 2.59. The molecule has 0 radical (unpaired) electrons. The molecular weight excluding hydrogens is 381 g/mol. The summed E-state index contributed by atoms with van der Waals surface area (Å²) in [6.07, 6.45) is 0. The topological polar surface area (TPSA) is 73.9 Å². The number of methoxy groups -OCH3 is 2. The number of hydrogen-bond donors (Lipinski definition) is 1. The molecule has 0 spiro atoms. The van der Waals surface area contributed by atoms with Crippen LogP contribution in [0.1, 0.15) is 15.9 Å². The van der Waals surface area contributed by atoms with Gasteiger partial charge in [-0.05, 0) is 36.8 Å². The van der Waals surface area contributed by atoms with Crippen molar-refractivity contribution in [2.75, 3.05) is 26.1 Å². The van der Waals surface area contributed by atoms with E-state index in [2.05, 4.69) is 5.32 Å². The van der Waals surface area contributed by atoms with Crippen LogP contribution in [0.5, 0.6) is 11.5 Å². The van der Waals surface area contributed by atoms with Gasteiger partial charge in [-0.1, -0.05) is 29.3 Å². The maximum atomic E-state index is 12.2. The minimum atomic E-state index is -0.725. The Bertz CT molecular complexity index is 839. The number of carbonyl (C=O) groups is 2. The number of ether oxygens (including phenoxy) is 3. The molecule has 6 nitrogen and oxygen atoms in total. The Morgan fingerprint density at radius 3 is 2.46 bits per heavy atom. The van der Waals surface area contributed by atoms with Gasteiger partial charge in [0.25, 0.3) is 5.91 Å². The zero-order valence-electron chi connectivity index (χ0n) is 14.4. The summed E-state index contributed by atoms with van der Waals surface area (Å²) in [7, 11) is 2.90. The van der Waals surface area contributed by atoms with Crippen LogP contribution in [0.2, 0.25) is 10.0 Å². The second-order valence-electron chi connectivity index (χ2n) is 5.24. The number of carbonyl (C=O) groups excluding carboxylic acids is 2. The summed E-state index contributed by atoms with van der Waals surface area (Å²) >= 11 is 12.2. The molecule has 2 rings (SSSR count). The van der Waals surface area contributed by atoms with Crippen LogP contribution in [-0.4, -0.2) is 32.7 Å². The van der Waals surface area contributed by atoms with Gasteiger partial charge in [0.05, 0.1) is 30.0 Å². The largest absolute Gasteiger partial charge is 0.497 e. The Labute approximate surface area is 160 Å². The van der Waals surface area contributed by atoms with Gasteiger partial charge in [0.15, 0.2) is 6.61 Å². The quantitative estimate of drug-likeness (QED) is 0.742. The van der Waals surface area contributed by atoms with Crippen LogP contribution in [0.25, 0.3) is 0 Å². The zero-order valence-corrected chi connectivity index (χ0v) is 15.9. The van der Waals surface area contributed by atoms with Crippen LogP contribution < -0.4 is 14.8 Å². The average molecular weight is 398 g/mol. The molecule has 26 heavy (non-hydrogen) atoms. The van der Waals surface area contributed by atoms with Gasteiger partial charge in [-0.25, -0.2) is 4.79 Å². The van der Waals surface area contributed by atoms with Gasteiger partial charge in [0.1, 0.15) is 17.1 Å². The summed E-state index contributed by atoms with van der Waals surface area (Å²) in [4.78, 5) is 24.3. The van der Waals surface area contributed by atoms with Gasteiger partial charge < -0.3 is 19.5 Å². The molecule has 0 aliphatic carbocycles. The Balaban J connectivity index is 2.06. The first-order valence-corrected chi connectivity index (χ1v) is 8.26. The lowest BCUT2D eigenvalue weighted by Crippen LogP contribution is -2.21. The third-order valence-electron chi connectivity index (χ3n) is 3.51. The molecule has 0 unspecified atom stereocenters. The van der Waals surface area contributed by atoms with Gasteiger partial charge in [-0.3, -0.25) is 4.79 Å². The van der Waals surface area contributed by atoms with E-state index < -0.39 is 18.5 Å². The molecule has 0 aliphatic rings. The SMILES string of the molecule is COc1ccc(OC)c(C(=O)OCC(=O)Nc2c(Cl)ccc(C)c2Cl)c1. The average Bonchev–Trinajstić information content (AvgIpc) is 2.65. The van der Waals surface area contributed by atoms with E-state index in [4.69, 9.17) is 37.4 Å². The molecule has 0 fully saturated rings. The molecule has 2 aromatic carbocycles. The summed E-state index contributed by atoms with van der Waals surface area (Å²) in [6.45, 7) is 1.27. The molecule has 1 amide bonds. The van der Waals surface area contributed by atoms with E-state index in [1.165, 1.54) is 20.3 Å². The molecule has 2 aromatic rings. The molecule has 0 aromatic heterocycles. The fourth-order valence-electron chi connectivity index (χ4n) is 2.13. The van der Waals surface area contributed by atoms with E-state index in [0.29, 0.717) is 16.5 Å². The molecule has 0 saturated carbocycles. The summed E-state index contributed by atoms with van der Waals surface area (Å²) in [5.74, 6) is -0.534. The molecule has 0 atom stereocenters. The highest BCUT2D eigenvalue weighted by molar-refractivity contribution is 6.40. The molecular formula is C18H17Cl2NO5. The van der Waals surface area contributed by atoms with Crippen LogP contribution in [0, 0.1) is 6.92 Å². The van der Waals surface area contributed by atoms with Crippen LogP contribution >= 0.6 is 23.2 Å². The Morgan fingerprint density at radius 1 is 1.08 bits per heavy atom. The molecule has 8 heteroatoms. The number of amides is 1. The number of hydrogen-bond acceptors (Lipinski definition) is 5. The first-order valence-electron chi connectivity index (χ1n) is 7.51. The van der Waals surface area contributed by atoms with Crippen molar-refractivity contribution >= 4 is 40.8 Å². The van der Waals surface area contributed by atoms with Crippen LogP contribution in [0.15, 0.2) is 30.3 Å². The third-order valence-corrected chi connectivity index (χ3v) is 4.31. The van der Waals surface area contributed by atoms with Gasteiger partial charge in [0.2, 0.25) is 0 Å². The maximum Gasteiger partial charge on any atom is 0.342 e. The lowest BCUT2D eigenvalue weighted by molar-refractivity contribution is -0.119. The normalized spacial score (nSPS) is 10.2. The number of esters is 1. The third kappa shape index (κ3) is 4.59. The van der Waals surface area contributed by atoms with E-state index in [1.807, 2.05) is 0 Å². The van der Waals surface area contributed by atoms with Crippen molar-refractivity contribution in [3.05, 3.63) is 51.5 Å². The van der Waals surface area contributed by atoms with E-state index >= 15 is 0 Å². The van der Waals surface area contributed by atoms with Crippen LogP contribution in [0.4, 0.5) is 5.69 Å². The molecule has 0 saturated heterocycles. The van der Waals surface area contributed by atoms with Crippen molar-refractivity contribution in [1.29, 1.82) is 0 Å². The molecule has 138 valence electrons. The first-order chi connectivity index (χ1) is 12.4. The van der Waals surface area contributed by atoms with Crippen molar-refractivity contribution in [1.82, 2.24) is 0 Å². The fraction of sp³-hybridized carbons (Fsp3) is 0.222. The van der Waals surface area contributed by atoms with Crippen molar-refractivity contribution < 1.29 is 23.8 Å². The maximum absolute atomic E-state index is 12.2. The smallest absolute Gasteiger partial charge is 0.342 e. The van der Waals surface area contributed by atoms with Gasteiger partial charge in [0, 0.05) is 0 Å². The number of aryl methyl sites for hydroxylation is 1. The van der Waals surface area contributed by atoms with Gasteiger partial charge in [-0.15, -0.1) is 0 Å². The zero-order chi connectivity index (χ0) is 19.3. The molecule has 1 N–H and O–H groups in total. The standard InChI is InChI=1S/C18H17Cl2NO5/c1-10-4-6-13(19)17(16(10)20)21-15(22)9-26-18(23)12-8-11(24-2)5-7-14(12)25-3/h4-8H,9H2,1-3H3,(H,21,22). The Hall–Kier alpha value is -2.44. The summed E-state index contributed by atoms with van der Waals surface area (Å²) in [6, 6.07) is 8.03. The summed E-state index contributed by atoms with van der Waals surface area (Å²) in [5.41, 5.74) is 1.17. The number of anilines is 1. The predicted molar refractivity (Wildman–Crippen MR) is 99.7 cm³/mol. The number of rotatable bonds is 6. The number of nitrogens with one attached hydrogen (secondary N) is 1. The van der Waals surface area contributed by atoms with Crippen molar-refractivity contribution in [2.45, 2.75) is 6.92 Å². The molecule has 0 heterocycles. The van der Waals surface area contributed by atoms with E-state index in [-0.39, 0.29) is 16.3 Å². The highest BCUT2D eigenvalue weighted by Crippen LogP contribution is 2.32. The molecule has 0 bridgehead atoms. The predicted octanol–water partition coefficient (Wildman–Crippen LogP) is 4.11. The van der Waals surface area contributed by atoms with Gasteiger partial charge >= 0.3 is 5.97 Å². The molecule has 0 aliphatic heterocycles. The first kappa shape index (κ1) is 19.9. The van der Waals surface area contributed by atoms with Crippen molar-refractivity contribution in [3.63, 3.8) is 0 Å². The van der Waals surface area contributed by atoms with E-state index in [0.717, 1.165) is 5.56 Å². The monoisotopic (exact) mass is 397 g/mol. The minimum absolute atomic E-state index is 0.145. The highest BCUT2D eigenvalue weighted by atomic mass is 35.5. The second-order valence-corrected chi connectivity index (χ2v) is 6.03. The lowest BCUT2D eigenvalue weighted by atomic mass is 10.2. The van der Waals surface area contributed by atoms with Crippen LogP contribution in [-0.2, 0) is 9.53 Å². The Morgan fingerprint density at radius 2 is 1.81 bits per heavy atom. The summed E-state index contributed by atoms with van der Waals surface area (Å²) in [5, 5.41) is 3.15. The van der Waals surface area contributed by atoms with Gasteiger partial charge in [-0.2, -0.15) is 0 Å². The van der Waals surface area contributed by atoms with Crippen molar-refractivity contribution in [3.8, 4) is 11.5 Å².